The second-order valence-corrected chi connectivity index (χ2v) is 6.47. The number of hydrogen-bond donors (Lipinski definition) is 3. The van der Waals surface area contributed by atoms with Crippen LogP contribution in [0.5, 0.6) is 0 Å². The van der Waals surface area contributed by atoms with Gasteiger partial charge in [-0.3, -0.25) is 14.4 Å². The van der Waals surface area contributed by atoms with Gasteiger partial charge in [0.05, 0.1) is 5.56 Å². The van der Waals surface area contributed by atoms with Crippen molar-refractivity contribution in [2.75, 3.05) is 18.4 Å². The molecule has 9 heteroatoms. The molecule has 2 rings (SSSR count). The molecule has 0 aliphatic carbocycles. The van der Waals surface area contributed by atoms with Crippen LogP contribution in [0.4, 0.5) is 18.9 Å². The van der Waals surface area contributed by atoms with Gasteiger partial charge < -0.3 is 16.0 Å². The Morgan fingerprint density at radius 3 is 2.03 bits per heavy atom. The molecule has 0 aliphatic heterocycles. The molecule has 0 atom stereocenters. The molecule has 0 fully saturated rings. The molecule has 6 nitrogen and oxygen atoms in total. The highest BCUT2D eigenvalue weighted by molar-refractivity contribution is 5.96. The summed E-state index contributed by atoms with van der Waals surface area (Å²) in [5.41, 5.74) is -0.0688. The second kappa shape index (κ2) is 10.4. The highest BCUT2D eigenvalue weighted by Gasteiger charge is 2.30. The van der Waals surface area contributed by atoms with Crippen molar-refractivity contribution in [3.63, 3.8) is 0 Å². The summed E-state index contributed by atoms with van der Waals surface area (Å²) in [6.07, 6.45) is -3.39. The fourth-order valence-corrected chi connectivity index (χ4v) is 2.55. The largest absolute Gasteiger partial charge is 0.416 e. The average molecular weight is 421 g/mol. The molecule has 2 aromatic carbocycles. The molecule has 0 aromatic heterocycles. The summed E-state index contributed by atoms with van der Waals surface area (Å²) in [4.78, 5) is 35.6. The van der Waals surface area contributed by atoms with Gasteiger partial charge in [0.15, 0.2) is 0 Å². The Kier molecular flexibility index (Phi) is 7.97. The van der Waals surface area contributed by atoms with E-state index in [2.05, 4.69) is 16.0 Å². The number of benzene rings is 2. The third kappa shape index (κ3) is 6.91. The zero-order valence-corrected chi connectivity index (χ0v) is 16.3. The van der Waals surface area contributed by atoms with E-state index in [0.717, 1.165) is 24.6 Å². The second-order valence-electron chi connectivity index (χ2n) is 6.47. The first-order chi connectivity index (χ1) is 14.2. The van der Waals surface area contributed by atoms with E-state index in [9.17, 15) is 27.6 Å². The third-order valence-electron chi connectivity index (χ3n) is 4.06. The van der Waals surface area contributed by atoms with Gasteiger partial charge >= 0.3 is 6.18 Å². The van der Waals surface area contributed by atoms with Crippen LogP contribution in [0.15, 0.2) is 48.5 Å². The molecule has 0 radical (unpaired) electrons. The maximum Gasteiger partial charge on any atom is 0.416 e. The van der Waals surface area contributed by atoms with E-state index in [0.29, 0.717) is 17.7 Å². The Bertz CT molecular complexity index is 896. The van der Waals surface area contributed by atoms with Gasteiger partial charge in [0, 0.05) is 36.3 Å². The van der Waals surface area contributed by atoms with Crippen molar-refractivity contribution >= 4 is 23.4 Å². The number of alkyl halides is 3. The van der Waals surface area contributed by atoms with Gasteiger partial charge in [-0.15, -0.1) is 0 Å². The van der Waals surface area contributed by atoms with Crippen LogP contribution in [0, 0.1) is 0 Å². The molecule has 0 spiro atoms. The maximum absolute atomic E-state index is 12.7. The molecule has 30 heavy (non-hydrogen) atoms. The number of carbonyl (C=O) groups is 3. The number of rotatable bonds is 8. The lowest BCUT2D eigenvalue weighted by atomic mass is 10.1. The summed E-state index contributed by atoms with van der Waals surface area (Å²) in [7, 11) is 0. The molecule has 3 amide bonds. The minimum absolute atomic E-state index is 0.0476. The van der Waals surface area contributed by atoms with E-state index in [1.54, 1.807) is 24.3 Å². The Balaban J connectivity index is 1.79. The lowest BCUT2D eigenvalue weighted by molar-refractivity contribution is -0.137. The van der Waals surface area contributed by atoms with E-state index in [1.807, 2.05) is 6.92 Å². The smallest absolute Gasteiger partial charge is 0.350 e. The quantitative estimate of drug-likeness (QED) is 0.569. The number of hydrogen-bond acceptors (Lipinski definition) is 3. The first-order valence-corrected chi connectivity index (χ1v) is 9.34. The van der Waals surface area contributed by atoms with E-state index >= 15 is 0 Å². The topological polar surface area (TPSA) is 87.3 Å². The molecule has 2 aromatic rings. The van der Waals surface area contributed by atoms with Crippen molar-refractivity contribution in [1.82, 2.24) is 10.6 Å². The molecule has 0 heterocycles. The van der Waals surface area contributed by atoms with Crippen LogP contribution in [-0.4, -0.2) is 30.8 Å². The Labute approximate surface area is 171 Å². The van der Waals surface area contributed by atoms with E-state index < -0.39 is 17.6 Å². The van der Waals surface area contributed by atoms with Crippen LogP contribution in [0.3, 0.4) is 0 Å². The molecule has 160 valence electrons. The van der Waals surface area contributed by atoms with Crippen LogP contribution in [-0.2, 0) is 11.0 Å². The molecule has 0 unspecified atom stereocenters. The molecular formula is C21H22F3N3O3. The fourth-order valence-electron chi connectivity index (χ4n) is 2.55. The third-order valence-corrected chi connectivity index (χ3v) is 4.06. The van der Waals surface area contributed by atoms with Crippen LogP contribution >= 0.6 is 0 Å². The maximum atomic E-state index is 12.7. The monoisotopic (exact) mass is 421 g/mol. The normalized spacial score (nSPS) is 10.9. The number of anilines is 1. The van der Waals surface area contributed by atoms with Gasteiger partial charge in [-0.05, 0) is 48.9 Å². The number of halogens is 3. The van der Waals surface area contributed by atoms with Gasteiger partial charge in [0.2, 0.25) is 5.91 Å². The average Bonchev–Trinajstić information content (AvgIpc) is 2.71. The molecule has 0 aliphatic rings. The lowest BCUT2D eigenvalue weighted by Gasteiger charge is -2.10. The first-order valence-electron chi connectivity index (χ1n) is 9.34. The molecule has 3 N–H and O–H groups in total. The molecule has 0 bridgehead atoms. The van der Waals surface area contributed by atoms with Crippen molar-refractivity contribution in [1.29, 1.82) is 0 Å². The van der Waals surface area contributed by atoms with Gasteiger partial charge in [-0.25, -0.2) is 0 Å². The zero-order valence-electron chi connectivity index (χ0n) is 16.3. The van der Waals surface area contributed by atoms with Crippen LogP contribution in [0.2, 0.25) is 0 Å². The van der Waals surface area contributed by atoms with Crippen molar-refractivity contribution in [2.45, 2.75) is 25.9 Å². The zero-order chi connectivity index (χ0) is 22.1. The van der Waals surface area contributed by atoms with Gasteiger partial charge in [-0.1, -0.05) is 13.0 Å². The van der Waals surface area contributed by atoms with E-state index in [-0.39, 0.29) is 30.5 Å². The fraction of sp³-hybridized carbons (Fsp3) is 0.286. The predicted molar refractivity (Wildman–Crippen MR) is 106 cm³/mol. The SMILES string of the molecule is CCCC(=O)Nc1ccc(C(=O)NCCNC(=O)c2cccc(C(F)(F)F)c2)cc1. The standard InChI is InChI=1S/C21H22F3N3O3/c1-2-4-18(28)27-17-9-7-14(8-10-17)19(29)25-11-12-26-20(30)15-5-3-6-16(13-15)21(22,23)24/h3,5-10,13H,2,4,11-12H2,1H3,(H,25,29)(H,26,30)(H,27,28). The minimum atomic E-state index is -4.53. The molecule has 0 saturated carbocycles. The summed E-state index contributed by atoms with van der Waals surface area (Å²) in [6, 6.07) is 10.4. The summed E-state index contributed by atoms with van der Waals surface area (Å²) in [5, 5.41) is 7.77. The number of carbonyl (C=O) groups excluding carboxylic acids is 3. The summed E-state index contributed by atoms with van der Waals surface area (Å²) >= 11 is 0. The van der Waals surface area contributed by atoms with E-state index in [1.165, 1.54) is 6.07 Å². The minimum Gasteiger partial charge on any atom is -0.350 e. The summed E-state index contributed by atoms with van der Waals surface area (Å²) in [6.45, 7) is 2.04. The molecule has 0 saturated heterocycles. The van der Waals surface area contributed by atoms with Crippen LogP contribution in [0.25, 0.3) is 0 Å². The molecular weight excluding hydrogens is 399 g/mol. The Morgan fingerprint density at radius 1 is 0.867 bits per heavy atom. The Morgan fingerprint density at radius 2 is 1.47 bits per heavy atom. The highest BCUT2D eigenvalue weighted by Crippen LogP contribution is 2.29. The van der Waals surface area contributed by atoms with Crippen LogP contribution in [0.1, 0.15) is 46.0 Å². The van der Waals surface area contributed by atoms with Crippen molar-refractivity contribution in [3.05, 3.63) is 65.2 Å². The van der Waals surface area contributed by atoms with E-state index in [4.69, 9.17) is 0 Å². The summed E-state index contributed by atoms with van der Waals surface area (Å²) < 4.78 is 38.1. The highest BCUT2D eigenvalue weighted by atomic mass is 19.4. The van der Waals surface area contributed by atoms with Gasteiger partial charge in [0.25, 0.3) is 11.8 Å². The summed E-state index contributed by atoms with van der Waals surface area (Å²) in [5.74, 6) is -1.15. The van der Waals surface area contributed by atoms with Crippen LogP contribution < -0.4 is 16.0 Å². The predicted octanol–water partition coefficient (Wildman–Crippen LogP) is 3.60. The van der Waals surface area contributed by atoms with Crippen molar-refractivity contribution in [2.24, 2.45) is 0 Å². The number of amides is 3. The first kappa shape index (κ1) is 22.9. The lowest BCUT2D eigenvalue weighted by Crippen LogP contribution is -2.34. The van der Waals surface area contributed by atoms with Crippen molar-refractivity contribution in [3.8, 4) is 0 Å². The van der Waals surface area contributed by atoms with Gasteiger partial charge in [0.1, 0.15) is 0 Å². The van der Waals surface area contributed by atoms with Crippen molar-refractivity contribution < 1.29 is 27.6 Å². The number of nitrogens with one attached hydrogen (secondary N) is 3. The van der Waals surface area contributed by atoms with Gasteiger partial charge in [-0.2, -0.15) is 13.2 Å². The Hall–Kier alpha value is -3.36.